The Balaban J connectivity index is 2.79. The van der Waals surface area contributed by atoms with Crippen molar-refractivity contribution in [2.75, 3.05) is 13.7 Å². The standard InChI is InChI=1S/C13H17FO2/c1-9(6-7-16-3)13(15)12-5-4-11(14)8-10(12)2/h4-5,8-9H,6-7H2,1-3H3. The average Bonchev–Trinajstić information content (AvgIpc) is 2.25. The summed E-state index contributed by atoms with van der Waals surface area (Å²) in [5, 5.41) is 0. The summed E-state index contributed by atoms with van der Waals surface area (Å²) in [6.45, 7) is 4.18. The number of methoxy groups -OCH3 is 1. The molecule has 0 saturated heterocycles. The molecule has 0 amide bonds. The molecule has 1 rings (SSSR count). The number of hydrogen-bond acceptors (Lipinski definition) is 2. The topological polar surface area (TPSA) is 26.3 Å². The molecule has 16 heavy (non-hydrogen) atoms. The average molecular weight is 224 g/mol. The summed E-state index contributed by atoms with van der Waals surface area (Å²) in [5.41, 5.74) is 1.29. The van der Waals surface area contributed by atoms with Crippen molar-refractivity contribution in [2.24, 2.45) is 5.92 Å². The Morgan fingerprint density at radius 3 is 2.75 bits per heavy atom. The van der Waals surface area contributed by atoms with E-state index in [1.807, 2.05) is 6.92 Å². The zero-order valence-electron chi connectivity index (χ0n) is 9.92. The van der Waals surface area contributed by atoms with Crippen LogP contribution in [-0.2, 0) is 4.74 Å². The van der Waals surface area contributed by atoms with Gasteiger partial charge in [0.25, 0.3) is 0 Å². The van der Waals surface area contributed by atoms with Gasteiger partial charge in [0, 0.05) is 25.2 Å². The second-order valence-corrected chi connectivity index (χ2v) is 4.01. The fraction of sp³-hybridized carbons (Fsp3) is 0.462. The Labute approximate surface area is 95.4 Å². The zero-order chi connectivity index (χ0) is 12.1. The van der Waals surface area contributed by atoms with E-state index in [2.05, 4.69) is 0 Å². The third kappa shape index (κ3) is 3.14. The number of hydrogen-bond donors (Lipinski definition) is 0. The molecule has 0 radical (unpaired) electrons. The summed E-state index contributed by atoms with van der Waals surface area (Å²) in [6.07, 6.45) is 0.687. The second-order valence-electron chi connectivity index (χ2n) is 4.01. The lowest BCUT2D eigenvalue weighted by atomic mass is 9.94. The van der Waals surface area contributed by atoms with Gasteiger partial charge >= 0.3 is 0 Å². The molecular weight excluding hydrogens is 207 g/mol. The first-order chi connectivity index (χ1) is 7.56. The fourth-order valence-electron chi connectivity index (χ4n) is 1.59. The van der Waals surface area contributed by atoms with Gasteiger partial charge in [0.1, 0.15) is 5.82 Å². The first kappa shape index (κ1) is 12.8. The predicted molar refractivity (Wildman–Crippen MR) is 61.1 cm³/mol. The van der Waals surface area contributed by atoms with Gasteiger partial charge in [-0.2, -0.15) is 0 Å². The molecule has 1 aromatic carbocycles. The summed E-state index contributed by atoms with van der Waals surface area (Å²) >= 11 is 0. The molecule has 0 aromatic heterocycles. The van der Waals surface area contributed by atoms with Crippen LogP contribution in [-0.4, -0.2) is 19.5 Å². The summed E-state index contributed by atoms with van der Waals surface area (Å²) in [5.74, 6) is -0.350. The van der Waals surface area contributed by atoms with Crippen LogP contribution < -0.4 is 0 Å². The molecule has 2 nitrogen and oxygen atoms in total. The third-order valence-electron chi connectivity index (χ3n) is 2.66. The number of benzene rings is 1. The Bertz CT molecular complexity index is 374. The van der Waals surface area contributed by atoms with Crippen molar-refractivity contribution in [1.29, 1.82) is 0 Å². The molecule has 0 aliphatic rings. The van der Waals surface area contributed by atoms with Crippen LogP contribution in [0.5, 0.6) is 0 Å². The summed E-state index contributed by atoms with van der Waals surface area (Å²) in [7, 11) is 1.61. The number of ketones is 1. The van der Waals surface area contributed by atoms with Crippen molar-refractivity contribution in [2.45, 2.75) is 20.3 Å². The number of carbonyl (C=O) groups is 1. The molecule has 1 aromatic rings. The van der Waals surface area contributed by atoms with Crippen LogP contribution in [0.3, 0.4) is 0 Å². The van der Waals surface area contributed by atoms with Gasteiger partial charge in [-0.25, -0.2) is 4.39 Å². The van der Waals surface area contributed by atoms with Gasteiger partial charge in [0.05, 0.1) is 0 Å². The van der Waals surface area contributed by atoms with E-state index in [1.165, 1.54) is 12.1 Å². The number of rotatable bonds is 5. The van der Waals surface area contributed by atoms with E-state index in [1.54, 1.807) is 20.1 Å². The van der Waals surface area contributed by atoms with Crippen molar-refractivity contribution in [3.05, 3.63) is 35.1 Å². The first-order valence-electron chi connectivity index (χ1n) is 5.35. The molecular formula is C13H17FO2. The van der Waals surface area contributed by atoms with E-state index in [9.17, 15) is 9.18 Å². The van der Waals surface area contributed by atoms with Gasteiger partial charge in [-0.1, -0.05) is 6.92 Å². The molecule has 3 heteroatoms. The van der Waals surface area contributed by atoms with Crippen molar-refractivity contribution < 1.29 is 13.9 Å². The van der Waals surface area contributed by atoms with Crippen molar-refractivity contribution in [3.8, 4) is 0 Å². The van der Waals surface area contributed by atoms with Crippen molar-refractivity contribution >= 4 is 5.78 Å². The maximum Gasteiger partial charge on any atom is 0.166 e. The highest BCUT2D eigenvalue weighted by Crippen LogP contribution is 2.17. The SMILES string of the molecule is COCCC(C)C(=O)c1ccc(F)cc1C. The summed E-state index contributed by atoms with van der Waals surface area (Å²) < 4.78 is 17.8. The van der Waals surface area contributed by atoms with Crippen molar-refractivity contribution in [3.63, 3.8) is 0 Å². The molecule has 1 unspecified atom stereocenters. The predicted octanol–water partition coefficient (Wildman–Crippen LogP) is 2.99. The molecule has 0 N–H and O–H groups in total. The fourth-order valence-corrected chi connectivity index (χ4v) is 1.59. The lowest BCUT2D eigenvalue weighted by molar-refractivity contribution is 0.0893. The van der Waals surface area contributed by atoms with Gasteiger partial charge in [-0.3, -0.25) is 4.79 Å². The second kappa shape index (κ2) is 5.75. The van der Waals surface area contributed by atoms with Crippen LogP contribution in [0.25, 0.3) is 0 Å². The van der Waals surface area contributed by atoms with Crippen molar-refractivity contribution in [1.82, 2.24) is 0 Å². The summed E-state index contributed by atoms with van der Waals surface area (Å²) in [6, 6.07) is 4.26. The molecule has 88 valence electrons. The van der Waals surface area contributed by atoms with Gasteiger partial charge in [0.2, 0.25) is 0 Å². The highest BCUT2D eigenvalue weighted by Gasteiger charge is 2.16. The van der Waals surface area contributed by atoms with Gasteiger partial charge in [-0.15, -0.1) is 0 Å². The number of Topliss-reactive ketones (excluding diaryl/α,β-unsaturated/α-hetero) is 1. The third-order valence-corrected chi connectivity index (χ3v) is 2.66. The van der Waals surface area contributed by atoms with E-state index in [-0.39, 0.29) is 17.5 Å². The lowest BCUT2D eigenvalue weighted by Gasteiger charge is -2.11. The minimum absolute atomic E-state index is 0.0505. The number of ether oxygens (including phenoxy) is 1. The van der Waals surface area contributed by atoms with Crippen LogP contribution in [0.1, 0.15) is 29.3 Å². The van der Waals surface area contributed by atoms with E-state index in [0.717, 1.165) is 0 Å². The smallest absolute Gasteiger partial charge is 0.166 e. The summed E-state index contributed by atoms with van der Waals surface area (Å²) in [4.78, 5) is 12.0. The molecule has 0 bridgehead atoms. The monoisotopic (exact) mass is 224 g/mol. The van der Waals surface area contributed by atoms with Crippen LogP contribution in [0, 0.1) is 18.7 Å². The van der Waals surface area contributed by atoms with Crippen LogP contribution in [0.15, 0.2) is 18.2 Å². The Morgan fingerprint density at radius 2 is 2.19 bits per heavy atom. The highest BCUT2D eigenvalue weighted by molar-refractivity contribution is 5.98. The van der Waals surface area contributed by atoms with E-state index < -0.39 is 0 Å². The van der Waals surface area contributed by atoms with E-state index >= 15 is 0 Å². The van der Waals surface area contributed by atoms with Crippen LogP contribution in [0.2, 0.25) is 0 Å². The maximum atomic E-state index is 12.9. The minimum atomic E-state index is -0.307. The Morgan fingerprint density at radius 1 is 1.50 bits per heavy atom. The van der Waals surface area contributed by atoms with Crippen LogP contribution >= 0.6 is 0 Å². The lowest BCUT2D eigenvalue weighted by Crippen LogP contribution is -2.14. The molecule has 1 atom stereocenters. The zero-order valence-corrected chi connectivity index (χ0v) is 9.92. The number of halogens is 1. The molecule has 0 fully saturated rings. The molecule has 0 saturated carbocycles. The molecule has 0 aliphatic carbocycles. The largest absolute Gasteiger partial charge is 0.385 e. The quantitative estimate of drug-likeness (QED) is 0.719. The molecule has 0 spiro atoms. The van der Waals surface area contributed by atoms with Crippen LogP contribution in [0.4, 0.5) is 4.39 Å². The Hall–Kier alpha value is -1.22. The number of aryl methyl sites for hydroxylation is 1. The normalized spacial score (nSPS) is 12.5. The molecule has 0 aliphatic heterocycles. The molecule has 0 heterocycles. The Kier molecular flexibility index (Phi) is 4.62. The van der Waals surface area contributed by atoms with Gasteiger partial charge in [-0.05, 0) is 37.1 Å². The minimum Gasteiger partial charge on any atom is -0.385 e. The maximum absolute atomic E-state index is 12.9. The number of carbonyl (C=O) groups excluding carboxylic acids is 1. The van der Waals surface area contributed by atoms with E-state index in [4.69, 9.17) is 4.74 Å². The van der Waals surface area contributed by atoms with E-state index in [0.29, 0.717) is 24.2 Å². The van der Waals surface area contributed by atoms with Gasteiger partial charge in [0.15, 0.2) is 5.78 Å². The van der Waals surface area contributed by atoms with Gasteiger partial charge < -0.3 is 4.74 Å². The first-order valence-corrected chi connectivity index (χ1v) is 5.35. The highest BCUT2D eigenvalue weighted by atomic mass is 19.1.